The van der Waals surface area contributed by atoms with Gasteiger partial charge in [0, 0.05) is 0 Å². The Bertz CT molecular complexity index is 204. The van der Waals surface area contributed by atoms with E-state index in [0.717, 1.165) is 0 Å². The van der Waals surface area contributed by atoms with Gasteiger partial charge in [-0.25, -0.2) is 0 Å². The molecule has 0 spiro atoms. The van der Waals surface area contributed by atoms with Gasteiger partial charge < -0.3 is 0 Å². The van der Waals surface area contributed by atoms with Crippen molar-refractivity contribution in [3.05, 3.63) is 0 Å². The highest BCUT2D eigenvalue weighted by Gasteiger charge is 2.07. The molecule has 0 aliphatic rings. The third kappa shape index (κ3) is 13.7. The van der Waals surface area contributed by atoms with E-state index in [0.29, 0.717) is 6.04 Å². The molecule has 0 amide bonds. The van der Waals surface area contributed by atoms with Crippen LogP contribution in [0.4, 0.5) is 0 Å². The van der Waals surface area contributed by atoms with Crippen molar-refractivity contribution in [2.75, 3.05) is 0 Å². The zero-order valence-electron chi connectivity index (χ0n) is 13.3. The van der Waals surface area contributed by atoms with Crippen molar-refractivity contribution in [2.24, 2.45) is 10.2 Å². The second-order valence-electron chi connectivity index (χ2n) is 6.50. The van der Waals surface area contributed by atoms with Gasteiger partial charge in [-0.3, -0.25) is 0 Å². The lowest BCUT2D eigenvalue weighted by molar-refractivity contribution is 0.488. The summed E-state index contributed by atoms with van der Waals surface area (Å²) < 4.78 is 0. The molecule has 0 saturated carbocycles. The molecule has 0 N–H and O–H groups in total. The molecule has 0 aromatic carbocycles. The van der Waals surface area contributed by atoms with Crippen LogP contribution < -0.4 is 0 Å². The van der Waals surface area contributed by atoms with E-state index in [1.165, 1.54) is 57.8 Å². The van der Waals surface area contributed by atoms with Gasteiger partial charge in [-0.15, -0.1) is 0 Å². The van der Waals surface area contributed by atoms with E-state index in [9.17, 15) is 0 Å². The van der Waals surface area contributed by atoms with Crippen molar-refractivity contribution in [1.29, 1.82) is 0 Å². The summed E-state index contributed by atoms with van der Waals surface area (Å²) in [5.41, 5.74) is -0.0203. The Hall–Kier alpha value is -0.400. The molecule has 0 bridgehead atoms. The standard InChI is InChI=1S/C16H34N2/c1-6-7-8-9-10-11-12-13-14-15(2)17-18-16(3,4)5/h15H,6-14H2,1-5H3. The second-order valence-corrected chi connectivity index (χ2v) is 6.50. The highest BCUT2D eigenvalue weighted by atomic mass is 15.2. The highest BCUT2D eigenvalue weighted by Crippen LogP contribution is 2.13. The van der Waals surface area contributed by atoms with Crippen LogP contribution in [0, 0.1) is 0 Å². The van der Waals surface area contributed by atoms with Crippen molar-refractivity contribution in [1.82, 2.24) is 0 Å². The Morgan fingerprint density at radius 1 is 0.833 bits per heavy atom. The zero-order chi connectivity index (χ0) is 13.9. The summed E-state index contributed by atoms with van der Waals surface area (Å²) in [7, 11) is 0. The molecule has 108 valence electrons. The van der Waals surface area contributed by atoms with Gasteiger partial charge in [0.15, 0.2) is 0 Å². The monoisotopic (exact) mass is 254 g/mol. The fourth-order valence-electron chi connectivity index (χ4n) is 1.90. The lowest BCUT2D eigenvalue weighted by Crippen LogP contribution is -2.09. The molecule has 18 heavy (non-hydrogen) atoms. The minimum absolute atomic E-state index is 0.0203. The maximum atomic E-state index is 4.38. The van der Waals surface area contributed by atoms with E-state index in [4.69, 9.17) is 0 Å². The van der Waals surface area contributed by atoms with Gasteiger partial charge in [0.05, 0.1) is 11.6 Å². The number of unbranched alkanes of at least 4 members (excludes halogenated alkanes) is 7. The topological polar surface area (TPSA) is 24.7 Å². The number of nitrogens with zero attached hydrogens (tertiary/aromatic N) is 2. The van der Waals surface area contributed by atoms with Crippen molar-refractivity contribution in [3.8, 4) is 0 Å². The summed E-state index contributed by atoms with van der Waals surface area (Å²) in [6.45, 7) is 10.7. The maximum absolute atomic E-state index is 4.38. The summed E-state index contributed by atoms with van der Waals surface area (Å²) in [5, 5.41) is 8.71. The molecular weight excluding hydrogens is 220 g/mol. The van der Waals surface area contributed by atoms with E-state index in [1.807, 2.05) is 0 Å². The summed E-state index contributed by atoms with van der Waals surface area (Å²) in [4.78, 5) is 0. The van der Waals surface area contributed by atoms with Crippen LogP contribution >= 0.6 is 0 Å². The predicted molar refractivity (Wildman–Crippen MR) is 81.3 cm³/mol. The molecule has 0 aromatic heterocycles. The molecule has 0 aromatic rings. The minimum atomic E-state index is -0.0203. The second kappa shape index (κ2) is 10.5. The van der Waals surface area contributed by atoms with E-state index in [2.05, 4.69) is 44.8 Å². The third-order valence-corrected chi connectivity index (χ3v) is 3.03. The summed E-state index contributed by atoms with van der Waals surface area (Å²) in [6, 6.07) is 0.393. The van der Waals surface area contributed by atoms with Crippen molar-refractivity contribution in [3.63, 3.8) is 0 Å². The third-order valence-electron chi connectivity index (χ3n) is 3.03. The van der Waals surface area contributed by atoms with Gasteiger partial charge in [-0.1, -0.05) is 58.3 Å². The van der Waals surface area contributed by atoms with Crippen LogP contribution in [0.25, 0.3) is 0 Å². The van der Waals surface area contributed by atoms with Crippen LogP contribution in [0.5, 0.6) is 0 Å². The van der Waals surface area contributed by atoms with Gasteiger partial charge in [0.2, 0.25) is 0 Å². The van der Waals surface area contributed by atoms with Gasteiger partial charge in [-0.2, -0.15) is 10.2 Å². The molecule has 2 nitrogen and oxygen atoms in total. The van der Waals surface area contributed by atoms with Crippen molar-refractivity contribution >= 4 is 0 Å². The molecule has 0 saturated heterocycles. The van der Waals surface area contributed by atoms with Crippen LogP contribution in [-0.4, -0.2) is 11.6 Å². The SMILES string of the molecule is CCCCCCCCCCC(C)N=NC(C)(C)C. The van der Waals surface area contributed by atoms with Gasteiger partial charge in [-0.05, 0) is 34.1 Å². The normalized spacial score (nSPS) is 14.3. The van der Waals surface area contributed by atoms with E-state index in [-0.39, 0.29) is 5.54 Å². The van der Waals surface area contributed by atoms with Crippen molar-refractivity contribution < 1.29 is 0 Å². The minimum Gasteiger partial charge on any atom is -0.191 e. The average molecular weight is 254 g/mol. The first-order valence-electron chi connectivity index (χ1n) is 7.87. The maximum Gasteiger partial charge on any atom is 0.0732 e. The predicted octanol–water partition coefficient (Wildman–Crippen LogP) is 6.16. The highest BCUT2D eigenvalue weighted by molar-refractivity contribution is 4.68. The summed E-state index contributed by atoms with van der Waals surface area (Å²) in [5.74, 6) is 0. The van der Waals surface area contributed by atoms with Gasteiger partial charge in [0.1, 0.15) is 0 Å². The quantitative estimate of drug-likeness (QED) is 0.329. The average Bonchev–Trinajstić information content (AvgIpc) is 2.29. The van der Waals surface area contributed by atoms with Crippen LogP contribution in [0.3, 0.4) is 0 Å². The van der Waals surface area contributed by atoms with Crippen LogP contribution in [0.2, 0.25) is 0 Å². The number of hydrogen-bond donors (Lipinski definition) is 0. The van der Waals surface area contributed by atoms with Crippen molar-refractivity contribution in [2.45, 2.75) is 104 Å². The first kappa shape index (κ1) is 17.6. The van der Waals surface area contributed by atoms with Gasteiger partial charge in [0.25, 0.3) is 0 Å². The van der Waals surface area contributed by atoms with Crippen LogP contribution in [0.15, 0.2) is 10.2 Å². The molecule has 0 aliphatic carbocycles. The molecular formula is C16H34N2. The first-order valence-corrected chi connectivity index (χ1v) is 7.87. The Balaban J connectivity index is 3.36. The molecule has 0 heterocycles. The fraction of sp³-hybridized carbons (Fsp3) is 1.00. The fourth-order valence-corrected chi connectivity index (χ4v) is 1.90. The molecule has 1 unspecified atom stereocenters. The number of azo groups is 1. The molecule has 0 fully saturated rings. The molecule has 0 radical (unpaired) electrons. The molecule has 2 heteroatoms. The lowest BCUT2D eigenvalue weighted by Gasteiger charge is -2.11. The Morgan fingerprint density at radius 3 is 1.83 bits per heavy atom. The van der Waals surface area contributed by atoms with Crippen LogP contribution in [-0.2, 0) is 0 Å². The van der Waals surface area contributed by atoms with E-state index in [1.54, 1.807) is 0 Å². The number of hydrogen-bond acceptors (Lipinski definition) is 2. The summed E-state index contributed by atoms with van der Waals surface area (Å²) in [6.07, 6.45) is 12.3. The van der Waals surface area contributed by atoms with E-state index < -0.39 is 0 Å². The Kier molecular flexibility index (Phi) is 10.3. The largest absolute Gasteiger partial charge is 0.191 e. The molecule has 0 rings (SSSR count). The Labute approximate surface area is 115 Å². The number of rotatable bonds is 10. The summed E-state index contributed by atoms with van der Waals surface area (Å²) >= 11 is 0. The molecule has 0 aliphatic heterocycles. The van der Waals surface area contributed by atoms with E-state index >= 15 is 0 Å². The zero-order valence-corrected chi connectivity index (χ0v) is 13.3. The van der Waals surface area contributed by atoms with Crippen LogP contribution in [0.1, 0.15) is 92.4 Å². The van der Waals surface area contributed by atoms with Gasteiger partial charge >= 0.3 is 0 Å². The first-order chi connectivity index (χ1) is 8.45. The smallest absolute Gasteiger partial charge is 0.0732 e. The molecule has 1 atom stereocenters. The Morgan fingerprint density at radius 2 is 1.33 bits per heavy atom. The lowest BCUT2D eigenvalue weighted by atomic mass is 10.1.